The van der Waals surface area contributed by atoms with Gasteiger partial charge in [0.05, 0.1) is 0 Å². The molecule has 1 saturated heterocycles. The fraction of sp³-hybridized carbons (Fsp3) is 0.500. The van der Waals surface area contributed by atoms with Crippen LogP contribution >= 0.6 is 0 Å². The van der Waals surface area contributed by atoms with Crippen molar-refractivity contribution >= 4 is 0 Å². The van der Waals surface area contributed by atoms with Gasteiger partial charge in [-0.15, -0.1) is 0 Å². The van der Waals surface area contributed by atoms with E-state index in [2.05, 4.69) is 12.2 Å². The van der Waals surface area contributed by atoms with Crippen LogP contribution in [0.1, 0.15) is 37.8 Å². The Morgan fingerprint density at radius 3 is 2.57 bits per heavy atom. The van der Waals surface area contributed by atoms with Crippen molar-refractivity contribution < 1.29 is 5.11 Å². The van der Waals surface area contributed by atoms with Gasteiger partial charge in [-0.2, -0.15) is 0 Å². The molecule has 0 amide bonds. The summed E-state index contributed by atoms with van der Waals surface area (Å²) in [5.41, 5.74) is 1.29. The Kier molecular flexibility index (Phi) is 2.73. The summed E-state index contributed by atoms with van der Waals surface area (Å²) in [6.45, 7) is 2.23. The molecule has 0 aromatic heterocycles. The molecule has 2 atom stereocenters. The first-order valence-corrected chi connectivity index (χ1v) is 5.30. The van der Waals surface area contributed by atoms with E-state index in [1.807, 2.05) is 12.1 Å². The summed E-state index contributed by atoms with van der Waals surface area (Å²) in [6.07, 6.45) is 3.77. The van der Waals surface area contributed by atoms with Crippen molar-refractivity contribution in [1.82, 2.24) is 5.32 Å². The van der Waals surface area contributed by atoms with E-state index in [1.54, 1.807) is 12.1 Å². The summed E-state index contributed by atoms with van der Waals surface area (Å²) >= 11 is 0. The van der Waals surface area contributed by atoms with Gasteiger partial charge in [-0.25, -0.2) is 0 Å². The number of phenolic OH excluding ortho intramolecular Hbond substituents is 1. The van der Waals surface area contributed by atoms with Gasteiger partial charge < -0.3 is 10.4 Å². The molecule has 2 unspecified atom stereocenters. The molecule has 1 heterocycles. The van der Waals surface area contributed by atoms with E-state index in [-0.39, 0.29) is 0 Å². The molecule has 1 aliphatic heterocycles. The van der Waals surface area contributed by atoms with Crippen LogP contribution in [-0.4, -0.2) is 11.1 Å². The minimum atomic E-state index is 0.345. The van der Waals surface area contributed by atoms with Crippen LogP contribution in [-0.2, 0) is 0 Å². The number of nitrogens with one attached hydrogen (secondary N) is 1. The minimum absolute atomic E-state index is 0.345. The molecule has 0 spiro atoms. The van der Waals surface area contributed by atoms with Crippen LogP contribution in [0, 0.1) is 0 Å². The van der Waals surface area contributed by atoms with E-state index in [1.165, 1.54) is 24.8 Å². The zero-order chi connectivity index (χ0) is 9.97. The molecule has 0 aliphatic carbocycles. The van der Waals surface area contributed by atoms with E-state index >= 15 is 0 Å². The quantitative estimate of drug-likeness (QED) is 0.715. The van der Waals surface area contributed by atoms with Gasteiger partial charge in [0.2, 0.25) is 0 Å². The topological polar surface area (TPSA) is 32.3 Å². The van der Waals surface area contributed by atoms with Crippen LogP contribution in [0.4, 0.5) is 0 Å². The number of rotatable bonds is 1. The first kappa shape index (κ1) is 9.53. The Balaban J connectivity index is 2.10. The second-order valence-corrected chi connectivity index (χ2v) is 4.14. The normalized spacial score (nSPS) is 27.5. The third kappa shape index (κ3) is 2.07. The maximum atomic E-state index is 9.19. The van der Waals surface area contributed by atoms with Crippen LogP contribution < -0.4 is 5.32 Å². The highest BCUT2D eigenvalue weighted by atomic mass is 16.3. The van der Waals surface area contributed by atoms with E-state index in [9.17, 15) is 5.11 Å². The second-order valence-electron chi connectivity index (χ2n) is 4.14. The molecule has 76 valence electrons. The van der Waals surface area contributed by atoms with Gasteiger partial charge in [0.15, 0.2) is 0 Å². The van der Waals surface area contributed by atoms with Crippen molar-refractivity contribution in [3.05, 3.63) is 29.8 Å². The molecule has 1 aromatic rings. The van der Waals surface area contributed by atoms with Gasteiger partial charge in [0.1, 0.15) is 5.75 Å². The van der Waals surface area contributed by atoms with Crippen molar-refractivity contribution in [2.45, 2.75) is 38.3 Å². The lowest BCUT2D eigenvalue weighted by Gasteiger charge is -2.29. The Hall–Kier alpha value is -1.02. The molecule has 0 bridgehead atoms. The molecule has 1 aromatic carbocycles. The van der Waals surface area contributed by atoms with Crippen molar-refractivity contribution in [3.63, 3.8) is 0 Å². The second kappa shape index (κ2) is 4.01. The number of aromatic hydroxyl groups is 1. The van der Waals surface area contributed by atoms with Gasteiger partial charge in [0.25, 0.3) is 0 Å². The van der Waals surface area contributed by atoms with Crippen LogP contribution in [0.5, 0.6) is 5.75 Å². The summed E-state index contributed by atoms with van der Waals surface area (Å²) in [5, 5.41) is 12.8. The number of phenols is 1. The summed E-state index contributed by atoms with van der Waals surface area (Å²) in [7, 11) is 0. The predicted molar refractivity (Wildman–Crippen MR) is 57.3 cm³/mol. The highest BCUT2D eigenvalue weighted by molar-refractivity contribution is 5.28. The lowest BCUT2D eigenvalue weighted by molar-refractivity contribution is 0.341. The third-order valence-corrected chi connectivity index (χ3v) is 2.91. The minimum Gasteiger partial charge on any atom is -0.508 e. The highest BCUT2D eigenvalue weighted by Crippen LogP contribution is 2.26. The highest BCUT2D eigenvalue weighted by Gasteiger charge is 2.18. The lowest BCUT2D eigenvalue weighted by atomic mass is 9.94. The first-order chi connectivity index (χ1) is 6.75. The van der Waals surface area contributed by atoms with Gasteiger partial charge in [-0.1, -0.05) is 18.6 Å². The molecule has 2 rings (SSSR count). The summed E-state index contributed by atoms with van der Waals surface area (Å²) in [4.78, 5) is 0. The Morgan fingerprint density at radius 1 is 1.21 bits per heavy atom. The molecule has 0 radical (unpaired) electrons. The smallest absolute Gasteiger partial charge is 0.115 e. The standard InChI is InChI=1S/C12H17NO/c1-9-3-2-4-12(13-9)10-5-7-11(14)8-6-10/h5-9,12-14H,2-4H2,1H3. The van der Waals surface area contributed by atoms with E-state index in [0.717, 1.165) is 0 Å². The molecule has 0 saturated carbocycles. The molecule has 2 heteroatoms. The molecule has 1 fully saturated rings. The van der Waals surface area contributed by atoms with Crippen molar-refractivity contribution in [1.29, 1.82) is 0 Å². The predicted octanol–water partition coefficient (Wildman–Crippen LogP) is 2.60. The monoisotopic (exact) mass is 191 g/mol. The molecule has 2 N–H and O–H groups in total. The summed E-state index contributed by atoms with van der Waals surface area (Å²) < 4.78 is 0. The number of hydrogen-bond donors (Lipinski definition) is 2. The zero-order valence-corrected chi connectivity index (χ0v) is 8.53. The van der Waals surface area contributed by atoms with Crippen LogP contribution in [0.15, 0.2) is 24.3 Å². The van der Waals surface area contributed by atoms with E-state index in [4.69, 9.17) is 0 Å². The van der Waals surface area contributed by atoms with Crippen LogP contribution in [0.2, 0.25) is 0 Å². The van der Waals surface area contributed by atoms with Gasteiger partial charge >= 0.3 is 0 Å². The van der Waals surface area contributed by atoms with Gasteiger partial charge in [0, 0.05) is 12.1 Å². The molecular formula is C12H17NO. The van der Waals surface area contributed by atoms with E-state index < -0.39 is 0 Å². The average Bonchev–Trinajstić information content (AvgIpc) is 2.19. The maximum Gasteiger partial charge on any atom is 0.115 e. The zero-order valence-electron chi connectivity index (χ0n) is 8.53. The fourth-order valence-electron chi connectivity index (χ4n) is 2.11. The van der Waals surface area contributed by atoms with Crippen LogP contribution in [0.3, 0.4) is 0 Å². The summed E-state index contributed by atoms with van der Waals surface area (Å²) in [6, 6.07) is 8.62. The Bertz CT molecular complexity index is 294. The van der Waals surface area contributed by atoms with Crippen molar-refractivity contribution in [2.75, 3.05) is 0 Å². The van der Waals surface area contributed by atoms with Crippen LogP contribution in [0.25, 0.3) is 0 Å². The lowest BCUT2D eigenvalue weighted by Crippen LogP contribution is -2.34. The fourth-order valence-corrected chi connectivity index (χ4v) is 2.11. The van der Waals surface area contributed by atoms with Gasteiger partial charge in [-0.05, 0) is 37.5 Å². The summed E-state index contributed by atoms with van der Waals surface area (Å²) in [5.74, 6) is 0.345. The van der Waals surface area contributed by atoms with Crippen molar-refractivity contribution in [3.8, 4) is 5.75 Å². The third-order valence-electron chi connectivity index (χ3n) is 2.91. The van der Waals surface area contributed by atoms with E-state index in [0.29, 0.717) is 17.8 Å². The Morgan fingerprint density at radius 2 is 1.93 bits per heavy atom. The molecule has 2 nitrogen and oxygen atoms in total. The number of hydrogen-bond acceptors (Lipinski definition) is 2. The average molecular weight is 191 g/mol. The molecule has 14 heavy (non-hydrogen) atoms. The molecule has 1 aliphatic rings. The van der Waals surface area contributed by atoms with Gasteiger partial charge in [-0.3, -0.25) is 0 Å². The Labute approximate surface area is 85.0 Å². The SMILES string of the molecule is CC1CCCC(c2ccc(O)cc2)N1. The number of benzene rings is 1. The largest absolute Gasteiger partial charge is 0.508 e. The molecular weight excluding hydrogens is 174 g/mol. The number of piperidine rings is 1. The van der Waals surface area contributed by atoms with Crippen molar-refractivity contribution in [2.24, 2.45) is 0 Å². The first-order valence-electron chi connectivity index (χ1n) is 5.30. The maximum absolute atomic E-state index is 9.19.